The van der Waals surface area contributed by atoms with Gasteiger partial charge in [-0.3, -0.25) is 0 Å². The molecule has 3 nitrogen and oxygen atoms in total. The number of allylic oxidation sites excluding steroid dienone is 1. The molecule has 0 aliphatic carbocycles. The molecule has 5 heteroatoms. The van der Waals surface area contributed by atoms with Crippen molar-refractivity contribution in [2.45, 2.75) is 32.6 Å². The highest BCUT2D eigenvalue weighted by atomic mass is 35.5. The average Bonchev–Trinajstić information content (AvgIpc) is 2.45. The van der Waals surface area contributed by atoms with E-state index < -0.39 is 0 Å². The molecular formula is C16H22Cl2O3. The lowest BCUT2D eigenvalue weighted by Crippen LogP contribution is -2.00. The molecule has 21 heavy (non-hydrogen) atoms. The van der Waals surface area contributed by atoms with Gasteiger partial charge in [0.25, 0.3) is 0 Å². The van der Waals surface area contributed by atoms with E-state index in [2.05, 4.69) is 0 Å². The van der Waals surface area contributed by atoms with Gasteiger partial charge in [0.2, 0.25) is 0 Å². The van der Waals surface area contributed by atoms with Gasteiger partial charge in [-0.05, 0) is 26.2 Å². The summed E-state index contributed by atoms with van der Waals surface area (Å²) in [5.41, 5.74) is 0. The number of unbranched alkanes of at least 4 members (excludes halogenated alkanes) is 3. The molecule has 0 unspecified atom stereocenters. The molecule has 1 rings (SSSR count). The SMILES string of the molecule is C/C=C\COc1cc(Cl)c(OCCCCCCO)c(Cl)c1. The number of ether oxygens (including phenoxy) is 2. The van der Waals surface area contributed by atoms with E-state index in [4.69, 9.17) is 37.8 Å². The third kappa shape index (κ3) is 7.07. The molecule has 1 aromatic rings. The van der Waals surface area contributed by atoms with E-state index >= 15 is 0 Å². The molecular weight excluding hydrogens is 311 g/mol. The van der Waals surface area contributed by atoms with Gasteiger partial charge in [-0.15, -0.1) is 0 Å². The minimum absolute atomic E-state index is 0.243. The molecule has 0 heterocycles. The lowest BCUT2D eigenvalue weighted by molar-refractivity contribution is 0.273. The zero-order chi connectivity index (χ0) is 15.5. The van der Waals surface area contributed by atoms with Crippen LogP contribution in [-0.2, 0) is 0 Å². The van der Waals surface area contributed by atoms with Gasteiger partial charge in [0, 0.05) is 18.7 Å². The van der Waals surface area contributed by atoms with Gasteiger partial charge in [-0.2, -0.15) is 0 Å². The van der Waals surface area contributed by atoms with Crippen LogP contribution < -0.4 is 9.47 Å². The highest BCUT2D eigenvalue weighted by Gasteiger charge is 2.10. The van der Waals surface area contributed by atoms with Crippen LogP contribution in [0.4, 0.5) is 0 Å². The first-order valence-electron chi connectivity index (χ1n) is 7.15. The number of rotatable bonds is 10. The van der Waals surface area contributed by atoms with Crippen LogP contribution >= 0.6 is 23.2 Å². The Morgan fingerprint density at radius 3 is 2.33 bits per heavy atom. The zero-order valence-electron chi connectivity index (χ0n) is 12.3. The molecule has 0 radical (unpaired) electrons. The van der Waals surface area contributed by atoms with E-state index in [-0.39, 0.29) is 6.61 Å². The fourth-order valence-electron chi connectivity index (χ4n) is 1.74. The van der Waals surface area contributed by atoms with E-state index in [1.54, 1.807) is 12.1 Å². The Morgan fingerprint density at radius 2 is 1.71 bits per heavy atom. The van der Waals surface area contributed by atoms with Crippen LogP contribution in [0.2, 0.25) is 10.0 Å². The van der Waals surface area contributed by atoms with Gasteiger partial charge in [0.1, 0.15) is 12.4 Å². The Kier molecular flexibility index (Phi) is 9.31. The first-order valence-corrected chi connectivity index (χ1v) is 7.91. The Hall–Kier alpha value is -0.900. The predicted molar refractivity (Wildman–Crippen MR) is 87.8 cm³/mol. The van der Waals surface area contributed by atoms with Crippen LogP contribution in [0.3, 0.4) is 0 Å². The van der Waals surface area contributed by atoms with Crippen LogP contribution in [0, 0.1) is 0 Å². The number of aliphatic hydroxyl groups is 1. The van der Waals surface area contributed by atoms with Crippen molar-refractivity contribution in [1.29, 1.82) is 0 Å². The highest BCUT2D eigenvalue weighted by molar-refractivity contribution is 6.37. The summed E-state index contributed by atoms with van der Waals surface area (Å²) in [6, 6.07) is 3.41. The summed E-state index contributed by atoms with van der Waals surface area (Å²) in [6.07, 6.45) is 7.57. The summed E-state index contributed by atoms with van der Waals surface area (Å²) in [5, 5.41) is 9.60. The van der Waals surface area contributed by atoms with Crippen molar-refractivity contribution in [3.05, 3.63) is 34.3 Å². The lowest BCUT2D eigenvalue weighted by Gasteiger charge is -2.12. The van der Waals surface area contributed by atoms with Crippen LogP contribution in [0.15, 0.2) is 24.3 Å². The second-order valence-corrected chi connectivity index (χ2v) is 5.40. The van der Waals surface area contributed by atoms with E-state index in [0.717, 1.165) is 25.7 Å². The molecule has 0 atom stereocenters. The minimum atomic E-state index is 0.243. The molecule has 0 saturated heterocycles. The molecule has 0 saturated carbocycles. The van der Waals surface area contributed by atoms with E-state index in [0.29, 0.717) is 34.8 Å². The number of hydrogen-bond acceptors (Lipinski definition) is 3. The summed E-state index contributed by atoms with van der Waals surface area (Å²) in [6.45, 7) is 3.21. The Morgan fingerprint density at radius 1 is 1.05 bits per heavy atom. The van der Waals surface area contributed by atoms with Crippen molar-refractivity contribution in [1.82, 2.24) is 0 Å². The van der Waals surface area contributed by atoms with Gasteiger partial charge < -0.3 is 14.6 Å². The van der Waals surface area contributed by atoms with Crippen LogP contribution in [0.25, 0.3) is 0 Å². The highest BCUT2D eigenvalue weighted by Crippen LogP contribution is 2.37. The number of aliphatic hydroxyl groups excluding tert-OH is 1. The van der Waals surface area contributed by atoms with Gasteiger partial charge in [0.05, 0.1) is 16.7 Å². The standard InChI is InChI=1S/C16H22Cl2O3/c1-2-3-9-20-13-11-14(17)16(15(18)12-13)21-10-7-5-4-6-8-19/h2-3,11-12,19H,4-10H2,1H3/b3-2-. The maximum absolute atomic E-state index is 8.69. The van der Waals surface area contributed by atoms with Crippen LogP contribution in [0.1, 0.15) is 32.6 Å². The summed E-state index contributed by atoms with van der Waals surface area (Å²) < 4.78 is 11.1. The van der Waals surface area contributed by atoms with Crippen molar-refractivity contribution in [3.63, 3.8) is 0 Å². The molecule has 0 aliphatic heterocycles. The zero-order valence-corrected chi connectivity index (χ0v) is 13.8. The molecule has 1 aromatic carbocycles. The first-order chi connectivity index (χ1) is 10.2. The molecule has 0 amide bonds. The minimum Gasteiger partial charge on any atom is -0.490 e. The summed E-state index contributed by atoms with van der Waals surface area (Å²) in [4.78, 5) is 0. The van der Waals surface area contributed by atoms with E-state index in [1.165, 1.54) is 0 Å². The normalized spacial score (nSPS) is 11.0. The first kappa shape index (κ1) is 18.1. The molecule has 0 spiro atoms. The Labute approximate surface area is 136 Å². The Balaban J connectivity index is 2.47. The van der Waals surface area contributed by atoms with E-state index in [1.807, 2.05) is 19.1 Å². The van der Waals surface area contributed by atoms with Crippen LogP contribution in [-0.4, -0.2) is 24.9 Å². The third-order valence-corrected chi connectivity index (χ3v) is 3.41. The quantitative estimate of drug-likeness (QED) is 0.490. The van der Waals surface area contributed by atoms with Crippen LogP contribution in [0.5, 0.6) is 11.5 Å². The smallest absolute Gasteiger partial charge is 0.156 e. The maximum atomic E-state index is 8.69. The number of halogens is 2. The molecule has 0 aromatic heterocycles. The maximum Gasteiger partial charge on any atom is 0.156 e. The monoisotopic (exact) mass is 332 g/mol. The van der Waals surface area contributed by atoms with Gasteiger partial charge >= 0.3 is 0 Å². The topological polar surface area (TPSA) is 38.7 Å². The van der Waals surface area contributed by atoms with Crippen molar-refractivity contribution in [3.8, 4) is 11.5 Å². The van der Waals surface area contributed by atoms with Crippen molar-refractivity contribution >= 4 is 23.2 Å². The van der Waals surface area contributed by atoms with Gasteiger partial charge in [0.15, 0.2) is 5.75 Å². The largest absolute Gasteiger partial charge is 0.490 e. The van der Waals surface area contributed by atoms with Crippen molar-refractivity contribution in [2.24, 2.45) is 0 Å². The van der Waals surface area contributed by atoms with Crippen molar-refractivity contribution in [2.75, 3.05) is 19.8 Å². The van der Waals surface area contributed by atoms with Gasteiger partial charge in [-0.1, -0.05) is 41.8 Å². The van der Waals surface area contributed by atoms with E-state index in [9.17, 15) is 0 Å². The van der Waals surface area contributed by atoms with Crippen molar-refractivity contribution < 1.29 is 14.6 Å². The summed E-state index contributed by atoms with van der Waals surface area (Å²) in [5.74, 6) is 1.12. The number of hydrogen-bond donors (Lipinski definition) is 1. The second-order valence-electron chi connectivity index (χ2n) is 4.58. The molecule has 118 valence electrons. The molecule has 1 N–H and O–H groups in total. The summed E-state index contributed by atoms with van der Waals surface area (Å²) >= 11 is 12.3. The summed E-state index contributed by atoms with van der Waals surface area (Å²) in [7, 11) is 0. The van der Waals surface area contributed by atoms with Gasteiger partial charge in [-0.25, -0.2) is 0 Å². The lowest BCUT2D eigenvalue weighted by atomic mass is 10.2. The fourth-order valence-corrected chi connectivity index (χ4v) is 2.32. The average molecular weight is 333 g/mol. The molecule has 0 fully saturated rings. The fraction of sp³-hybridized carbons (Fsp3) is 0.500. The number of benzene rings is 1. The molecule has 0 aliphatic rings. The second kappa shape index (κ2) is 10.8. The third-order valence-electron chi connectivity index (χ3n) is 2.85. The Bertz CT molecular complexity index is 424. The predicted octanol–water partition coefficient (Wildman–Crippen LogP) is 4.88. The molecule has 0 bridgehead atoms.